The van der Waals surface area contributed by atoms with Gasteiger partial charge in [0.25, 0.3) is 0 Å². The zero-order chi connectivity index (χ0) is 12.5. The molecule has 0 spiro atoms. The van der Waals surface area contributed by atoms with Crippen LogP contribution in [0, 0.1) is 0 Å². The fraction of sp³-hybridized carbons (Fsp3) is 0.444. The van der Waals surface area contributed by atoms with Crippen LogP contribution in [-0.2, 0) is 4.79 Å². The van der Waals surface area contributed by atoms with Crippen molar-refractivity contribution in [2.45, 2.75) is 16.3 Å². The van der Waals surface area contributed by atoms with Crippen molar-refractivity contribution in [3.8, 4) is 0 Å². The number of carboxylic acid groups (broad SMARTS) is 1. The van der Waals surface area contributed by atoms with E-state index < -0.39 is 10.7 Å². The molecule has 0 bridgehead atoms. The molecule has 92 valence electrons. The molecule has 2 heterocycles. The van der Waals surface area contributed by atoms with E-state index in [1.807, 2.05) is 0 Å². The number of anilines is 2. The van der Waals surface area contributed by atoms with Gasteiger partial charge in [-0.1, -0.05) is 11.8 Å². The van der Waals surface area contributed by atoms with E-state index in [0.29, 0.717) is 18.2 Å². The summed E-state index contributed by atoms with van der Waals surface area (Å²) in [6.07, 6.45) is 0.0583. The van der Waals surface area contributed by atoms with E-state index in [0.717, 1.165) is 0 Å². The predicted molar refractivity (Wildman–Crippen MR) is 64.6 cm³/mol. The molecular formula is C9H13N5O2S. The van der Waals surface area contributed by atoms with E-state index in [4.69, 9.17) is 16.6 Å². The van der Waals surface area contributed by atoms with Gasteiger partial charge in [0.2, 0.25) is 0 Å². The first kappa shape index (κ1) is 11.9. The van der Waals surface area contributed by atoms with E-state index in [-0.39, 0.29) is 18.1 Å². The molecule has 0 amide bonds. The van der Waals surface area contributed by atoms with E-state index in [2.05, 4.69) is 15.3 Å². The van der Waals surface area contributed by atoms with E-state index in [1.54, 1.807) is 0 Å². The number of carbonyl (C=O) groups is 1. The number of nitrogens with one attached hydrogen (secondary N) is 1. The van der Waals surface area contributed by atoms with Crippen molar-refractivity contribution in [3.05, 3.63) is 6.07 Å². The molecule has 1 saturated heterocycles. The van der Waals surface area contributed by atoms with Crippen LogP contribution in [0.3, 0.4) is 0 Å². The van der Waals surface area contributed by atoms with Crippen molar-refractivity contribution in [1.82, 2.24) is 15.3 Å². The smallest absolute Gasteiger partial charge is 0.304 e. The van der Waals surface area contributed by atoms with Crippen LogP contribution >= 0.6 is 11.8 Å². The summed E-state index contributed by atoms with van der Waals surface area (Å²) in [5.41, 5.74) is 11.1. The molecular weight excluding hydrogens is 242 g/mol. The van der Waals surface area contributed by atoms with Crippen LogP contribution in [0.5, 0.6) is 0 Å². The molecule has 0 atom stereocenters. The third kappa shape index (κ3) is 2.77. The molecule has 17 heavy (non-hydrogen) atoms. The first-order chi connectivity index (χ1) is 7.99. The second-order valence-electron chi connectivity index (χ2n) is 3.96. The standard InChI is InChI=1S/C9H13N5O2S/c10-5-1-6(11)14-8(13-5)17-9(2-7(15)16)3-12-4-9/h1,12H,2-4H2,(H,15,16)(H4,10,11,13,14). The average molecular weight is 255 g/mol. The Labute approximate surface area is 102 Å². The Morgan fingerprint density at radius 2 is 2.06 bits per heavy atom. The molecule has 0 unspecified atom stereocenters. The second-order valence-corrected chi connectivity index (χ2v) is 5.39. The molecule has 0 aliphatic carbocycles. The van der Waals surface area contributed by atoms with Crippen LogP contribution in [0.1, 0.15) is 6.42 Å². The first-order valence-corrected chi connectivity index (χ1v) is 5.82. The van der Waals surface area contributed by atoms with Crippen LogP contribution in [0.4, 0.5) is 11.6 Å². The summed E-state index contributed by atoms with van der Waals surface area (Å²) >= 11 is 1.31. The highest BCUT2D eigenvalue weighted by molar-refractivity contribution is 8.00. The number of aliphatic carboxylic acids is 1. The van der Waals surface area contributed by atoms with Gasteiger partial charge in [0.05, 0.1) is 11.2 Å². The van der Waals surface area contributed by atoms with Gasteiger partial charge in [0, 0.05) is 19.2 Å². The van der Waals surface area contributed by atoms with Gasteiger partial charge in [-0.25, -0.2) is 9.97 Å². The second kappa shape index (κ2) is 4.38. The molecule has 0 radical (unpaired) electrons. The Morgan fingerprint density at radius 1 is 1.47 bits per heavy atom. The van der Waals surface area contributed by atoms with Crippen LogP contribution in [0.15, 0.2) is 11.2 Å². The number of rotatable bonds is 4. The highest BCUT2D eigenvalue weighted by atomic mass is 32.2. The van der Waals surface area contributed by atoms with Crippen molar-refractivity contribution in [1.29, 1.82) is 0 Å². The molecule has 0 saturated carbocycles. The summed E-state index contributed by atoms with van der Waals surface area (Å²) in [4.78, 5) is 18.9. The molecule has 1 fully saturated rings. The van der Waals surface area contributed by atoms with Crippen molar-refractivity contribution < 1.29 is 9.90 Å². The van der Waals surface area contributed by atoms with Gasteiger partial charge in [0.15, 0.2) is 5.16 Å². The maximum atomic E-state index is 10.8. The van der Waals surface area contributed by atoms with Gasteiger partial charge in [-0.2, -0.15) is 0 Å². The van der Waals surface area contributed by atoms with Crippen molar-refractivity contribution >= 4 is 29.4 Å². The first-order valence-electron chi connectivity index (χ1n) is 5.01. The predicted octanol–water partition coefficient (Wildman–Crippen LogP) is -0.450. The SMILES string of the molecule is Nc1cc(N)nc(SC2(CC(=O)O)CNC2)n1. The van der Waals surface area contributed by atoms with Crippen molar-refractivity contribution in [3.63, 3.8) is 0 Å². The molecule has 6 N–H and O–H groups in total. The topological polar surface area (TPSA) is 127 Å². The third-order valence-electron chi connectivity index (χ3n) is 2.42. The van der Waals surface area contributed by atoms with Crippen LogP contribution in [0.25, 0.3) is 0 Å². The lowest BCUT2D eigenvalue weighted by Crippen LogP contribution is -2.58. The maximum absolute atomic E-state index is 10.8. The zero-order valence-corrected chi connectivity index (χ0v) is 9.83. The molecule has 7 nitrogen and oxygen atoms in total. The van der Waals surface area contributed by atoms with Crippen LogP contribution in [0.2, 0.25) is 0 Å². The minimum Gasteiger partial charge on any atom is -0.481 e. The summed E-state index contributed by atoms with van der Waals surface area (Å²) in [5, 5.41) is 12.3. The number of thioether (sulfide) groups is 1. The van der Waals surface area contributed by atoms with Gasteiger partial charge in [-0.15, -0.1) is 0 Å². The number of hydrogen-bond acceptors (Lipinski definition) is 7. The fourth-order valence-electron chi connectivity index (χ4n) is 1.61. The summed E-state index contributed by atoms with van der Waals surface area (Å²) in [6.45, 7) is 1.23. The molecule has 2 rings (SSSR count). The van der Waals surface area contributed by atoms with E-state index in [9.17, 15) is 4.79 Å². The van der Waals surface area contributed by atoms with E-state index >= 15 is 0 Å². The Hall–Kier alpha value is -1.54. The zero-order valence-electron chi connectivity index (χ0n) is 9.01. The molecule has 8 heteroatoms. The highest BCUT2D eigenvalue weighted by Gasteiger charge is 2.41. The Kier molecular flexibility index (Phi) is 3.07. The van der Waals surface area contributed by atoms with Gasteiger partial charge in [0.1, 0.15) is 11.6 Å². The van der Waals surface area contributed by atoms with Gasteiger partial charge < -0.3 is 21.9 Å². The third-order valence-corrected chi connectivity index (χ3v) is 3.65. The molecule has 0 aromatic carbocycles. The van der Waals surface area contributed by atoms with Gasteiger partial charge in [-0.05, 0) is 0 Å². The Bertz CT molecular complexity index is 429. The van der Waals surface area contributed by atoms with Crippen LogP contribution < -0.4 is 16.8 Å². The molecule has 1 aromatic rings. The van der Waals surface area contributed by atoms with E-state index in [1.165, 1.54) is 17.8 Å². The summed E-state index contributed by atoms with van der Waals surface area (Å²) in [6, 6.07) is 1.47. The minimum absolute atomic E-state index is 0.0583. The lowest BCUT2D eigenvalue weighted by Gasteiger charge is -2.40. The summed E-state index contributed by atoms with van der Waals surface area (Å²) in [5.74, 6) is -0.258. The Balaban J connectivity index is 2.15. The number of aromatic nitrogens is 2. The van der Waals surface area contributed by atoms with Gasteiger partial charge in [-0.3, -0.25) is 4.79 Å². The minimum atomic E-state index is -0.837. The number of nitrogens with zero attached hydrogens (tertiary/aromatic N) is 2. The largest absolute Gasteiger partial charge is 0.481 e. The van der Waals surface area contributed by atoms with Crippen molar-refractivity contribution in [2.24, 2.45) is 0 Å². The number of nitrogens with two attached hydrogens (primary N) is 2. The van der Waals surface area contributed by atoms with Gasteiger partial charge >= 0.3 is 5.97 Å². The average Bonchev–Trinajstić information content (AvgIpc) is 2.11. The number of hydrogen-bond donors (Lipinski definition) is 4. The lowest BCUT2D eigenvalue weighted by atomic mass is 9.98. The lowest BCUT2D eigenvalue weighted by molar-refractivity contribution is -0.138. The molecule has 1 aliphatic heterocycles. The highest BCUT2D eigenvalue weighted by Crippen LogP contribution is 2.37. The maximum Gasteiger partial charge on any atom is 0.304 e. The molecule has 1 aromatic heterocycles. The summed E-state index contributed by atoms with van der Waals surface area (Å²) < 4.78 is -0.397. The number of carboxylic acids is 1. The normalized spacial score (nSPS) is 17.4. The summed E-state index contributed by atoms with van der Waals surface area (Å²) in [7, 11) is 0. The number of nitrogen functional groups attached to an aromatic ring is 2. The quantitative estimate of drug-likeness (QED) is 0.533. The molecule has 1 aliphatic rings. The van der Waals surface area contributed by atoms with Crippen molar-refractivity contribution in [2.75, 3.05) is 24.6 Å². The monoisotopic (exact) mass is 255 g/mol. The van der Waals surface area contributed by atoms with Crippen LogP contribution in [-0.4, -0.2) is 38.9 Å². The Morgan fingerprint density at radius 3 is 2.47 bits per heavy atom. The fourth-order valence-corrected chi connectivity index (χ4v) is 2.85.